The molecule has 0 aliphatic heterocycles. The van der Waals surface area contributed by atoms with E-state index < -0.39 is 0 Å². The zero-order chi connectivity index (χ0) is 19.3. The molecule has 0 aromatic carbocycles. The molecule has 0 bridgehead atoms. The second-order valence-electron chi connectivity index (χ2n) is 8.14. The molecule has 156 valence electrons. The lowest BCUT2D eigenvalue weighted by molar-refractivity contribution is -0.148. The van der Waals surface area contributed by atoms with Crippen LogP contribution in [-0.2, 0) is 9.53 Å². The molecule has 0 heterocycles. The van der Waals surface area contributed by atoms with E-state index in [4.69, 9.17) is 4.74 Å². The van der Waals surface area contributed by atoms with E-state index in [0.717, 1.165) is 12.8 Å². The number of hydrogen-bond donors (Lipinski definition) is 0. The fourth-order valence-corrected chi connectivity index (χ4v) is 3.49. The van der Waals surface area contributed by atoms with Crippen LogP contribution in [0.25, 0.3) is 0 Å². The summed E-state index contributed by atoms with van der Waals surface area (Å²) in [4.78, 5) is 11.9. The van der Waals surface area contributed by atoms with E-state index in [1.54, 1.807) is 0 Å². The minimum atomic E-state index is 0.0133. The number of rotatable bonds is 20. The summed E-state index contributed by atoms with van der Waals surface area (Å²) in [6, 6.07) is 0. The number of esters is 1. The van der Waals surface area contributed by atoms with Crippen LogP contribution in [0.15, 0.2) is 0 Å². The molecular formula is C24H48O2. The first kappa shape index (κ1) is 25.5. The quantitative estimate of drug-likeness (QED) is 0.159. The van der Waals surface area contributed by atoms with Crippen LogP contribution in [0.4, 0.5) is 0 Å². The Balaban J connectivity index is 3.30. The predicted molar refractivity (Wildman–Crippen MR) is 115 cm³/mol. The summed E-state index contributed by atoms with van der Waals surface area (Å²) in [6.07, 6.45) is 24.0. The molecule has 0 aromatic heterocycles. The van der Waals surface area contributed by atoms with Crippen molar-refractivity contribution in [1.82, 2.24) is 0 Å². The number of carbonyl (C=O) groups is 1. The SMILES string of the molecule is CCCCCCCCCCCCCC(=O)OC(C)CCCCCCCC. The van der Waals surface area contributed by atoms with Gasteiger partial charge in [-0.25, -0.2) is 0 Å². The summed E-state index contributed by atoms with van der Waals surface area (Å²) in [5.41, 5.74) is 0. The topological polar surface area (TPSA) is 26.3 Å². The van der Waals surface area contributed by atoms with Gasteiger partial charge < -0.3 is 4.74 Å². The smallest absolute Gasteiger partial charge is 0.306 e. The van der Waals surface area contributed by atoms with E-state index >= 15 is 0 Å². The number of carbonyl (C=O) groups excluding carboxylic acids is 1. The monoisotopic (exact) mass is 368 g/mol. The molecule has 2 heteroatoms. The minimum absolute atomic E-state index is 0.0133. The van der Waals surface area contributed by atoms with E-state index in [2.05, 4.69) is 13.8 Å². The molecule has 0 fully saturated rings. The maximum Gasteiger partial charge on any atom is 0.306 e. The molecule has 0 N–H and O–H groups in total. The van der Waals surface area contributed by atoms with Gasteiger partial charge >= 0.3 is 5.97 Å². The summed E-state index contributed by atoms with van der Waals surface area (Å²) < 4.78 is 5.53. The van der Waals surface area contributed by atoms with Crippen LogP contribution < -0.4 is 0 Å². The molecular weight excluding hydrogens is 320 g/mol. The van der Waals surface area contributed by atoms with E-state index in [1.165, 1.54) is 103 Å². The van der Waals surface area contributed by atoms with Crippen LogP contribution in [0.2, 0.25) is 0 Å². The lowest BCUT2D eigenvalue weighted by Gasteiger charge is -2.13. The first-order chi connectivity index (χ1) is 12.7. The highest BCUT2D eigenvalue weighted by Gasteiger charge is 2.09. The fraction of sp³-hybridized carbons (Fsp3) is 0.958. The van der Waals surface area contributed by atoms with Crippen LogP contribution in [0, 0.1) is 0 Å². The fourth-order valence-electron chi connectivity index (χ4n) is 3.49. The average molecular weight is 369 g/mol. The number of unbranched alkanes of at least 4 members (excludes halogenated alkanes) is 15. The van der Waals surface area contributed by atoms with Crippen molar-refractivity contribution < 1.29 is 9.53 Å². The van der Waals surface area contributed by atoms with Crippen molar-refractivity contribution in [3.8, 4) is 0 Å². The molecule has 0 saturated heterocycles. The van der Waals surface area contributed by atoms with Gasteiger partial charge in [-0.05, 0) is 26.2 Å². The number of ether oxygens (including phenoxy) is 1. The third kappa shape index (κ3) is 19.8. The normalized spacial score (nSPS) is 12.3. The van der Waals surface area contributed by atoms with Gasteiger partial charge in [0.2, 0.25) is 0 Å². The van der Waals surface area contributed by atoms with Crippen molar-refractivity contribution in [3.05, 3.63) is 0 Å². The lowest BCUT2D eigenvalue weighted by atomic mass is 10.1. The maximum absolute atomic E-state index is 11.9. The van der Waals surface area contributed by atoms with Gasteiger partial charge in [0.15, 0.2) is 0 Å². The highest BCUT2D eigenvalue weighted by atomic mass is 16.5. The molecule has 0 aliphatic rings. The van der Waals surface area contributed by atoms with Crippen molar-refractivity contribution in [2.24, 2.45) is 0 Å². The molecule has 0 radical (unpaired) electrons. The maximum atomic E-state index is 11.9. The Morgan fingerprint density at radius 1 is 0.615 bits per heavy atom. The Bertz CT molecular complexity index is 288. The first-order valence-electron chi connectivity index (χ1n) is 11.9. The van der Waals surface area contributed by atoms with Gasteiger partial charge in [0.1, 0.15) is 0 Å². The standard InChI is InChI=1S/C24H48O2/c1-4-6-8-10-12-13-14-15-16-18-20-22-24(25)26-23(3)21-19-17-11-9-7-5-2/h23H,4-22H2,1-3H3. The van der Waals surface area contributed by atoms with E-state index in [-0.39, 0.29) is 12.1 Å². The third-order valence-corrected chi connectivity index (χ3v) is 5.28. The van der Waals surface area contributed by atoms with Gasteiger partial charge in [0.25, 0.3) is 0 Å². The molecule has 0 amide bonds. The largest absolute Gasteiger partial charge is 0.463 e. The second-order valence-corrected chi connectivity index (χ2v) is 8.14. The highest BCUT2D eigenvalue weighted by Crippen LogP contribution is 2.14. The summed E-state index contributed by atoms with van der Waals surface area (Å²) in [6.45, 7) is 6.56. The van der Waals surface area contributed by atoms with Crippen LogP contribution in [0.5, 0.6) is 0 Å². The summed E-state index contributed by atoms with van der Waals surface area (Å²) in [5.74, 6) is 0.0133. The first-order valence-corrected chi connectivity index (χ1v) is 11.9. The predicted octanol–water partition coefficient (Wildman–Crippen LogP) is 8.37. The summed E-state index contributed by atoms with van der Waals surface area (Å²) >= 11 is 0. The Hall–Kier alpha value is -0.530. The molecule has 0 spiro atoms. The van der Waals surface area contributed by atoms with Crippen molar-refractivity contribution in [1.29, 1.82) is 0 Å². The zero-order valence-electron chi connectivity index (χ0n) is 18.3. The van der Waals surface area contributed by atoms with E-state index in [9.17, 15) is 4.79 Å². The van der Waals surface area contributed by atoms with Gasteiger partial charge in [-0.2, -0.15) is 0 Å². The molecule has 2 nitrogen and oxygen atoms in total. The number of hydrogen-bond acceptors (Lipinski definition) is 2. The lowest BCUT2D eigenvalue weighted by Crippen LogP contribution is -2.14. The van der Waals surface area contributed by atoms with Crippen LogP contribution in [-0.4, -0.2) is 12.1 Å². The van der Waals surface area contributed by atoms with Crippen LogP contribution in [0.3, 0.4) is 0 Å². The van der Waals surface area contributed by atoms with Crippen LogP contribution in [0.1, 0.15) is 143 Å². The second kappa shape index (κ2) is 20.8. The highest BCUT2D eigenvalue weighted by molar-refractivity contribution is 5.69. The van der Waals surface area contributed by atoms with Gasteiger partial charge in [0.05, 0.1) is 6.10 Å². The summed E-state index contributed by atoms with van der Waals surface area (Å²) in [7, 11) is 0. The van der Waals surface area contributed by atoms with Crippen molar-refractivity contribution in [3.63, 3.8) is 0 Å². The Labute approximate surface area is 164 Å². The Morgan fingerprint density at radius 2 is 1.00 bits per heavy atom. The van der Waals surface area contributed by atoms with Gasteiger partial charge in [-0.3, -0.25) is 4.79 Å². The Morgan fingerprint density at radius 3 is 1.46 bits per heavy atom. The van der Waals surface area contributed by atoms with Crippen LogP contribution >= 0.6 is 0 Å². The average Bonchev–Trinajstić information content (AvgIpc) is 2.62. The van der Waals surface area contributed by atoms with E-state index in [1.807, 2.05) is 6.92 Å². The molecule has 0 aromatic rings. The van der Waals surface area contributed by atoms with Crippen molar-refractivity contribution in [2.45, 2.75) is 149 Å². The van der Waals surface area contributed by atoms with Crippen molar-refractivity contribution >= 4 is 5.97 Å². The van der Waals surface area contributed by atoms with E-state index in [0.29, 0.717) is 6.42 Å². The molecule has 1 atom stereocenters. The molecule has 0 rings (SSSR count). The molecule has 0 aliphatic carbocycles. The summed E-state index contributed by atoms with van der Waals surface area (Å²) in [5, 5.41) is 0. The van der Waals surface area contributed by atoms with Gasteiger partial charge in [0, 0.05) is 6.42 Å². The minimum Gasteiger partial charge on any atom is -0.463 e. The third-order valence-electron chi connectivity index (χ3n) is 5.28. The van der Waals surface area contributed by atoms with Gasteiger partial charge in [-0.15, -0.1) is 0 Å². The zero-order valence-corrected chi connectivity index (χ0v) is 18.3. The molecule has 1 unspecified atom stereocenters. The Kier molecular flexibility index (Phi) is 20.4. The molecule has 26 heavy (non-hydrogen) atoms. The molecule has 0 saturated carbocycles. The van der Waals surface area contributed by atoms with Gasteiger partial charge in [-0.1, -0.05) is 110 Å². The van der Waals surface area contributed by atoms with Crippen molar-refractivity contribution in [2.75, 3.05) is 0 Å².